The summed E-state index contributed by atoms with van der Waals surface area (Å²) >= 11 is 0. The average Bonchev–Trinajstić information content (AvgIpc) is 2.02. The van der Waals surface area contributed by atoms with Gasteiger partial charge in [-0.25, -0.2) is 0 Å². The van der Waals surface area contributed by atoms with E-state index in [4.69, 9.17) is 0 Å². The topological polar surface area (TPSA) is 26.3 Å². The van der Waals surface area contributed by atoms with E-state index in [2.05, 4.69) is 4.74 Å². The number of rotatable bonds is 5. The lowest BCUT2D eigenvalue weighted by Gasteiger charge is -2.20. The number of Topliss-reactive ketones (excluding diaryl/α,β-unsaturated/α-hetero) is 1. The van der Waals surface area contributed by atoms with Gasteiger partial charge >= 0.3 is 6.18 Å². The van der Waals surface area contributed by atoms with Gasteiger partial charge in [0.25, 0.3) is 0 Å². The highest BCUT2D eigenvalue weighted by atomic mass is 19.4. The van der Waals surface area contributed by atoms with Crippen molar-refractivity contribution in [2.75, 3.05) is 6.61 Å². The second kappa shape index (κ2) is 5.34. The van der Waals surface area contributed by atoms with Crippen LogP contribution in [0.5, 0.6) is 0 Å². The molecule has 2 nitrogen and oxygen atoms in total. The molecule has 0 aliphatic rings. The van der Waals surface area contributed by atoms with Gasteiger partial charge in [-0.05, 0) is 6.42 Å². The van der Waals surface area contributed by atoms with Crippen molar-refractivity contribution in [2.24, 2.45) is 5.92 Å². The Balaban J connectivity index is 4.48. The van der Waals surface area contributed by atoms with Crippen molar-refractivity contribution in [3.05, 3.63) is 0 Å². The van der Waals surface area contributed by atoms with E-state index in [1.165, 1.54) is 13.8 Å². The van der Waals surface area contributed by atoms with Crippen molar-refractivity contribution in [1.29, 1.82) is 0 Å². The molecule has 84 valence electrons. The van der Waals surface area contributed by atoms with Crippen LogP contribution in [0.1, 0.15) is 27.2 Å². The lowest BCUT2D eigenvalue weighted by atomic mass is 10.0. The van der Waals surface area contributed by atoms with Gasteiger partial charge in [-0.1, -0.05) is 20.8 Å². The fourth-order valence-corrected chi connectivity index (χ4v) is 0.876. The molecule has 14 heavy (non-hydrogen) atoms. The Labute approximate surface area is 81.4 Å². The Morgan fingerprint density at radius 1 is 1.36 bits per heavy atom. The molecule has 0 spiro atoms. The highest BCUT2D eigenvalue weighted by Crippen LogP contribution is 2.25. The fraction of sp³-hybridized carbons (Fsp3) is 0.889. The number of halogens is 3. The summed E-state index contributed by atoms with van der Waals surface area (Å²) in [6.07, 6.45) is -6.41. The van der Waals surface area contributed by atoms with Gasteiger partial charge in [-0.15, -0.1) is 0 Å². The minimum absolute atomic E-state index is 0.0529. The maximum atomic E-state index is 12.3. The summed E-state index contributed by atoms with van der Waals surface area (Å²) in [5.74, 6) is -1.58. The minimum atomic E-state index is -4.60. The number of hydrogen-bond acceptors (Lipinski definition) is 2. The fourth-order valence-electron chi connectivity index (χ4n) is 0.876. The molecule has 0 saturated heterocycles. The van der Waals surface area contributed by atoms with Crippen LogP contribution in [-0.2, 0) is 9.53 Å². The summed E-state index contributed by atoms with van der Waals surface area (Å²) in [5.41, 5.74) is 0. The largest absolute Gasteiger partial charge is 0.421 e. The maximum absolute atomic E-state index is 12.3. The highest BCUT2D eigenvalue weighted by molar-refractivity contribution is 5.85. The van der Waals surface area contributed by atoms with E-state index in [1.54, 1.807) is 6.92 Å². The molecule has 0 aromatic carbocycles. The van der Waals surface area contributed by atoms with Crippen molar-refractivity contribution in [3.63, 3.8) is 0 Å². The van der Waals surface area contributed by atoms with E-state index in [1.807, 2.05) is 0 Å². The average molecular weight is 212 g/mol. The predicted molar refractivity (Wildman–Crippen MR) is 45.9 cm³/mol. The molecule has 0 N–H and O–H groups in total. The standard InChI is InChI=1S/C9H15F3O2/c1-4-5-14-8(9(10,11)12)7(13)6(2)3/h6,8H,4-5H2,1-3H3. The van der Waals surface area contributed by atoms with Crippen LogP contribution >= 0.6 is 0 Å². The second-order valence-electron chi connectivity index (χ2n) is 3.35. The van der Waals surface area contributed by atoms with Gasteiger partial charge in [-0.3, -0.25) is 4.79 Å². The molecule has 0 rings (SSSR count). The van der Waals surface area contributed by atoms with Gasteiger partial charge < -0.3 is 4.74 Å². The molecule has 0 aliphatic heterocycles. The molecule has 0 radical (unpaired) electrons. The van der Waals surface area contributed by atoms with E-state index in [-0.39, 0.29) is 6.61 Å². The molecule has 0 fully saturated rings. The van der Waals surface area contributed by atoms with Crippen molar-refractivity contribution in [3.8, 4) is 0 Å². The van der Waals surface area contributed by atoms with Gasteiger partial charge in [0.2, 0.25) is 6.10 Å². The van der Waals surface area contributed by atoms with E-state index >= 15 is 0 Å². The minimum Gasteiger partial charge on any atom is -0.361 e. The van der Waals surface area contributed by atoms with E-state index in [0.29, 0.717) is 6.42 Å². The molecule has 0 aromatic rings. The molecule has 1 atom stereocenters. The van der Waals surface area contributed by atoms with Gasteiger partial charge in [0.15, 0.2) is 5.78 Å². The lowest BCUT2D eigenvalue weighted by molar-refractivity contribution is -0.218. The third-order valence-corrected chi connectivity index (χ3v) is 1.61. The van der Waals surface area contributed by atoms with Crippen LogP contribution in [-0.4, -0.2) is 24.7 Å². The third-order valence-electron chi connectivity index (χ3n) is 1.61. The van der Waals surface area contributed by atoms with E-state index in [9.17, 15) is 18.0 Å². The first-order valence-electron chi connectivity index (χ1n) is 4.52. The summed E-state index contributed by atoms with van der Waals surface area (Å²) in [7, 11) is 0. The molecule has 0 aliphatic carbocycles. The van der Waals surface area contributed by atoms with Crippen LogP contribution in [0, 0.1) is 5.92 Å². The van der Waals surface area contributed by atoms with Crippen LogP contribution in [0.3, 0.4) is 0 Å². The van der Waals surface area contributed by atoms with Crippen molar-refractivity contribution in [2.45, 2.75) is 39.5 Å². The van der Waals surface area contributed by atoms with Crippen LogP contribution in [0.25, 0.3) is 0 Å². The van der Waals surface area contributed by atoms with Crippen LogP contribution in [0.2, 0.25) is 0 Å². The van der Waals surface area contributed by atoms with Crippen molar-refractivity contribution < 1.29 is 22.7 Å². The van der Waals surface area contributed by atoms with Gasteiger partial charge in [-0.2, -0.15) is 13.2 Å². The van der Waals surface area contributed by atoms with Crippen LogP contribution in [0.4, 0.5) is 13.2 Å². The van der Waals surface area contributed by atoms with Crippen LogP contribution in [0.15, 0.2) is 0 Å². The summed E-state index contributed by atoms with van der Waals surface area (Å²) in [6.45, 7) is 4.49. The molecule has 0 amide bonds. The Hall–Kier alpha value is -0.580. The van der Waals surface area contributed by atoms with Crippen molar-refractivity contribution in [1.82, 2.24) is 0 Å². The molecule has 0 saturated carbocycles. The number of carbonyl (C=O) groups excluding carboxylic acids is 1. The molecule has 0 aromatic heterocycles. The molecule has 0 heterocycles. The van der Waals surface area contributed by atoms with Gasteiger partial charge in [0.1, 0.15) is 0 Å². The quantitative estimate of drug-likeness (QED) is 0.700. The Bertz CT molecular complexity index is 187. The van der Waals surface area contributed by atoms with Gasteiger partial charge in [0.05, 0.1) is 0 Å². The Morgan fingerprint density at radius 2 is 1.86 bits per heavy atom. The Morgan fingerprint density at radius 3 is 2.14 bits per heavy atom. The third kappa shape index (κ3) is 4.09. The first kappa shape index (κ1) is 13.4. The number of ether oxygens (including phenoxy) is 1. The summed E-state index contributed by atoms with van der Waals surface area (Å²) in [6, 6.07) is 0. The predicted octanol–water partition coefficient (Wildman–Crippen LogP) is 2.57. The second-order valence-corrected chi connectivity index (χ2v) is 3.35. The monoisotopic (exact) mass is 212 g/mol. The SMILES string of the molecule is CCCOC(C(=O)C(C)C)C(F)(F)F. The van der Waals surface area contributed by atoms with Gasteiger partial charge in [0, 0.05) is 12.5 Å². The highest BCUT2D eigenvalue weighted by Gasteiger charge is 2.46. The lowest BCUT2D eigenvalue weighted by Crippen LogP contribution is -2.41. The zero-order chi connectivity index (χ0) is 11.4. The maximum Gasteiger partial charge on any atom is 0.421 e. The Kier molecular flexibility index (Phi) is 5.12. The number of hydrogen-bond donors (Lipinski definition) is 0. The molecule has 1 unspecified atom stereocenters. The summed E-state index contributed by atoms with van der Waals surface area (Å²) in [4.78, 5) is 11.2. The number of ketones is 1. The first-order valence-corrected chi connectivity index (χ1v) is 4.52. The zero-order valence-corrected chi connectivity index (χ0v) is 8.52. The molecule has 5 heteroatoms. The molecule has 0 bridgehead atoms. The zero-order valence-electron chi connectivity index (χ0n) is 8.52. The summed E-state index contributed by atoms with van der Waals surface area (Å²) < 4.78 is 41.4. The normalized spacial score (nSPS) is 14.5. The summed E-state index contributed by atoms with van der Waals surface area (Å²) in [5, 5.41) is 0. The smallest absolute Gasteiger partial charge is 0.361 e. The van der Waals surface area contributed by atoms with E-state index < -0.39 is 24.0 Å². The van der Waals surface area contributed by atoms with Crippen LogP contribution < -0.4 is 0 Å². The van der Waals surface area contributed by atoms with E-state index in [0.717, 1.165) is 0 Å². The molecular formula is C9H15F3O2. The molecular weight excluding hydrogens is 197 g/mol. The number of alkyl halides is 3. The number of carbonyl (C=O) groups is 1. The van der Waals surface area contributed by atoms with Crippen molar-refractivity contribution >= 4 is 5.78 Å². The first-order chi connectivity index (χ1) is 6.30.